The summed E-state index contributed by atoms with van der Waals surface area (Å²) in [5, 5.41) is 0.610. The van der Waals surface area contributed by atoms with E-state index in [1.807, 2.05) is 37.5 Å². The summed E-state index contributed by atoms with van der Waals surface area (Å²) in [5.74, 6) is 2.07. The fraction of sp³-hybridized carbons (Fsp3) is 0.409. The third-order valence-electron chi connectivity index (χ3n) is 4.75. The number of rotatable bonds is 5. The first-order valence-corrected chi connectivity index (χ1v) is 9.77. The van der Waals surface area contributed by atoms with Gasteiger partial charge in [0.1, 0.15) is 11.5 Å². The standard InChI is InChI=1S/C22H27ClN2O/c1-16(2)18-8-7-9-19(13-18)26-22-14-20(23)21(12-17(22)3)24-15-25-10-5-4-6-11-25/h7-9,12-16H,4-6,10-11H2,1-3H3. The van der Waals surface area contributed by atoms with Crippen molar-refractivity contribution in [3.63, 3.8) is 0 Å². The zero-order valence-electron chi connectivity index (χ0n) is 15.8. The third-order valence-corrected chi connectivity index (χ3v) is 5.05. The molecule has 1 aliphatic heterocycles. The first kappa shape index (κ1) is 18.8. The van der Waals surface area contributed by atoms with Crippen molar-refractivity contribution in [1.29, 1.82) is 0 Å². The Bertz CT molecular complexity index is 780. The van der Waals surface area contributed by atoms with Gasteiger partial charge in [0, 0.05) is 19.2 Å². The van der Waals surface area contributed by atoms with Crippen molar-refractivity contribution in [2.45, 2.75) is 46.0 Å². The van der Waals surface area contributed by atoms with Crippen molar-refractivity contribution in [2.75, 3.05) is 13.1 Å². The van der Waals surface area contributed by atoms with E-state index in [0.717, 1.165) is 35.8 Å². The fourth-order valence-corrected chi connectivity index (χ4v) is 3.30. The minimum atomic E-state index is 0.467. The van der Waals surface area contributed by atoms with E-state index < -0.39 is 0 Å². The van der Waals surface area contributed by atoms with Gasteiger partial charge in [0.05, 0.1) is 17.0 Å². The van der Waals surface area contributed by atoms with Crippen molar-refractivity contribution in [1.82, 2.24) is 4.90 Å². The average molecular weight is 371 g/mol. The number of nitrogens with zero attached hydrogens (tertiary/aromatic N) is 2. The molecule has 4 heteroatoms. The minimum absolute atomic E-state index is 0.467. The molecule has 0 spiro atoms. The van der Waals surface area contributed by atoms with E-state index in [4.69, 9.17) is 16.3 Å². The number of piperidine rings is 1. The summed E-state index contributed by atoms with van der Waals surface area (Å²) in [7, 11) is 0. The van der Waals surface area contributed by atoms with Crippen LogP contribution < -0.4 is 4.74 Å². The van der Waals surface area contributed by atoms with E-state index in [-0.39, 0.29) is 0 Å². The van der Waals surface area contributed by atoms with Crippen LogP contribution in [0.15, 0.2) is 41.4 Å². The van der Waals surface area contributed by atoms with Gasteiger partial charge in [-0.15, -0.1) is 0 Å². The van der Waals surface area contributed by atoms with Crippen molar-refractivity contribution >= 4 is 23.6 Å². The highest BCUT2D eigenvalue weighted by Crippen LogP contribution is 2.35. The van der Waals surface area contributed by atoms with E-state index in [2.05, 4.69) is 35.9 Å². The molecule has 1 saturated heterocycles. The average Bonchev–Trinajstić information content (AvgIpc) is 2.64. The highest BCUT2D eigenvalue weighted by Gasteiger charge is 2.10. The maximum absolute atomic E-state index is 6.45. The number of ether oxygens (including phenoxy) is 1. The van der Waals surface area contributed by atoms with Crippen molar-refractivity contribution in [3.8, 4) is 11.5 Å². The smallest absolute Gasteiger partial charge is 0.131 e. The number of hydrogen-bond donors (Lipinski definition) is 0. The molecule has 3 rings (SSSR count). The van der Waals surface area contributed by atoms with Crippen LogP contribution in [0, 0.1) is 6.92 Å². The Morgan fingerprint density at radius 1 is 1.12 bits per heavy atom. The van der Waals surface area contributed by atoms with Gasteiger partial charge in [-0.1, -0.05) is 37.6 Å². The Labute approximate surface area is 161 Å². The third kappa shape index (κ3) is 4.79. The molecule has 0 amide bonds. The van der Waals surface area contributed by atoms with Gasteiger partial charge in [0.25, 0.3) is 0 Å². The number of benzene rings is 2. The Morgan fingerprint density at radius 3 is 2.62 bits per heavy atom. The highest BCUT2D eigenvalue weighted by molar-refractivity contribution is 6.33. The molecule has 0 aromatic heterocycles. The molecule has 2 aromatic rings. The molecule has 0 bridgehead atoms. The lowest BCUT2D eigenvalue weighted by Gasteiger charge is -2.23. The normalized spacial score (nSPS) is 15.0. The van der Waals surface area contributed by atoms with Crippen LogP contribution in [0.3, 0.4) is 0 Å². The largest absolute Gasteiger partial charge is 0.457 e. The predicted octanol–water partition coefficient (Wildman–Crippen LogP) is 6.71. The molecule has 1 aliphatic rings. The Balaban J connectivity index is 1.76. The van der Waals surface area contributed by atoms with Crippen molar-refractivity contribution in [2.24, 2.45) is 4.99 Å². The van der Waals surface area contributed by atoms with Crippen LogP contribution in [0.2, 0.25) is 5.02 Å². The van der Waals surface area contributed by atoms with Gasteiger partial charge in [0.2, 0.25) is 0 Å². The maximum atomic E-state index is 6.45. The van der Waals surface area contributed by atoms with Gasteiger partial charge in [0.15, 0.2) is 0 Å². The van der Waals surface area contributed by atoms with E-state index in [1.165, 1.54) is 24.8 Å². The van der Waals surface area contributed by atoms with Crippen LogP contribution in [-0.2, 0) is 0 Å². The number of hydrogen-bond acceptors (Lipinski definition) is 2. The number of halogens is 1. The lowest BCUT2D eigenvalue weighted by Crippen LogP contribution is -2.27. The van der Waals surface area contributed by atoms with Crippen LogP contribution in [0.5, 0.6) is 11.5 Å². The second-order valence-corrected chi connectivity index (χ2v) is 7.65. The SMILES string of the molecule is Cc1cc(N=CN2CCCCC2)c(Cl)cc1Oc1cccc(C(C)C)c1. The molecule has 1 fully saturated rings. The van der Waals surface area contributed by atoms with Crippen molar-refractivity contribution < 1.29 is 4.74 Å². The molecule has 1 heterocycles. The van der Waals surface area contributed by atoms with Crippen LogP contribution >= 0.6 is 11.6 Å². The number of aliphatic imine (C=N–C) groups is 1. The molecular formula is C22H27ClN2O. The Kier molecular flexibility index (Phi) is 6.20. The van der Waals surface area contributed by atoms with Gasteiger partial charge >= 0.3 is 0 Å². The number of likely N-dealkylation sites (tertiary alicyclic amines) is 1. The zero-order valence-corrected chi connectivity index (χ0v) is 16.6. The lowest BCUT2D eigenvalue weighted by molar-refractivity contribution is 0.351. The summed E-state index contributed by atoms with van der Waals surface area (Å²) in [5.41, 5.74) is 3.07. The van der Waals surface area contributed by atoms with E-state index in [9.17, 15) is 0 Å². The zero-order chi connectivity index (χ0) is 18.5. The molecule has 138 valence electrons. The summed E-state index contributed by atoms with van der Waals surface area (Å²) >= 11 is 6.45. The Hall–Kier alpha value is -2.00. The summed E-state index contributed by atoms with van der Waals surface area (Å²) in [6, 6.07) is 12.1. The second kappa shape index (κ2) is 8.59. The van der Waals surface area contributed by atoms with Gasteiger partial charge in [-0.05, 0) is 61.4 Å². The van der Waals surface area contributed by atoms with Gasteiger partial charge in [-0.2, -0.15) is 0 Å². The van der Waals surface area contributed by atoms with E-state index in [1.54, 1.807) is 0 Å². The minimum Gasteiger partial charge on any atom is -0.457 e. The summed E-state index contributed by atoms with van der Waals surface area (Å²) in [6.45, 7) is 8.53. The quantitative estimate of drug-likeness (QED) is 0.431. The van der Waals surface area contributed by atoms with E-state index in [0.29, 0.717) is 10.9 Å². The fourth-order valence-electron chi connectivity index (χ4n) is 3.10. The molecular weight excluding hydrogens is 344 g/mol. The van der Waals surface area contributed by atoms with Gasteiger partial charge in [-0.25, -0.2) is 4.99 Å². The summed E-state index contributed by atoms with van der Waals surface area (Å²) in [4.78, 5) is 6.85. The highest BCUT2D eigenvalue weighted by atomic mass is 35.5. The van der Waals surface area contributed by atoms with E-state index >= 15 is 0 Å². The maximum Gasteiger partial charge on any atom is 0.131 e. The summed E-state index contributed by atoms with van der Waals surface area (Å²) < 4.78 is 6.08. The summed E-state index contributed by atoms with van der Waals surface area (Å²) in [6.07, 6.45) is 5.71. The second-order valence-electron chi connectivity index (χ2n) is 7.24. The van der Waals surface area contributed by atoms with Crippen LogP contribution in [-0.4, -0.2) is 24.3 Å². The predicted molar refractivity (Wildman–Crippen MR) is 110 cm³/mol. The molecule has 0 saturated carbocycles. The molecule has 0 N–H and O–H groups in total. The number of aryl methyl sites for hydroxylation is 1. The first-order chi connectivity index (χ1) is 12.5. The topological polar surface area (TPSA) is 24.8 Å². The molecule has 0 unspecified atom stereocenters. The molecule has 3 nitrogen and oxygen atoms in total. The van der Waals surface area contributed by atoms with Crippen LogP contribution in [0.4, 0.5) is 5.69 Å². The van der Waals surface area contributed by atoms with Gasteiger partial charge in [-0.3, -0.25) is 0 Å². The van der Waals surface area contributed by atoms with Crippen molar-refractivity contribution in [3.05, 3.63) is 52.5 Å². The Morgan fingerprint density at radius 2 is 1.88 bits per heavy atom. The molecule has 0 atom stereocenters. The molecule has 2 aromatic carbocycles. The van der Waals surface area contributed by atoms with Gasteiger partial charge < -0.3 is 9.64 Å². The van der Waals surface area contributed by atoms with Crippen LogP contribution in [0.1, 0.15) is 50.2 Å². The molecule has 0 radical (unpaired) electrons. The van der Waals surface area contributed by atoms with Crippen LogP contribution in [0.25, 0.3) is 0 Å². The molecule has 0 aliphatic carbocycles. The molecule has 26 heavy (non-hydrogen) atoms. The monoisotopic (exact) mass is 370 g/mol. The lowest BCUT2D eigenvalue weighted by atomic mass is 10.0. The first-order valence-electron chi connectivity index (χ1n) is 9.39.